The number of halogens is 1. The number of nitriles is 2. The van der Waals surface area contributed by atoms with Crippen LogP contribution < -0.4 is 0 Å². The van der Waals surface area contributed by atoms with Crippen LogP contribution in [0.5, 0.6) is 0 Å². The van der Waals surface area contributed by atoms with E-state index in [9.17, 15) is 9.18 Å². The summed E-state index contributed by atoms with van der Waals surface area (Å²) in [5, 5.41) is 17.0. The van der Waals surface area contributed by atoms with Gasteiger partial charge in [0.1, 0.15) is 5.82 Å². The van der Waals surface area contributed by atoms with Crippen molar-refractivity contribution in [2.75, 3.05) is 0 Å². The maximum atomic E-state index is 13.2. The molecule has 0 atom stereocenters. The average molecular weight is 202 g/mol. The van der Waals surface area contributed by atoms with E-state index in [1.165, 1.54) is 24.3 Å². The molecule has 0 radical (unpaired) electrons. The third-order valence-electron chi connectivity index (χ3n) is 1.91. The van der Waals surface area contributed by atoms with E-state index in [1.807, 2.05) is 0 Å². The van der Waals surface area contributed by atoms with Gasteiger partial charge >= 0.3 is 0 Å². The SMILES string of the molecule is Cc1ccc(F)c(C(=O)C(C#N)C#N)c1. The number of Topliss-reactive ketones (excluding diaryl/α,β-unsaturated/α-hetero) is 1. The number of hydrogen-bond acceptors (Lipinski definition) is 3. The van der Waals surface area contributed by atoms with E-state index >= 15 is 0 Å². The number of hydrogen-bond donors (Lipinski definition) is 0. The molecule has 74 valence electrons. The lowest BCUT2D eigenvalue weighted by Gasteiger charge is -2.03. The number of rotatable bonds is 2. The molecule has 0 aliphatic rings. The van der Waals surface area contributed by atoms with E-state index in [1.54, 1.807) is 6.92 Å². The Morgan fingerprint density at radius 1 is 1.40 bits per heavy atom. The van der Waals surface area contributed by atoms with Crippen molar-refractivity contribution in [3.05, 3.63) is 35.1 Å². The lowest BCUT2D eigenvalue weighted by Crippen LogP contribution is -2.12. The predicted octanol–water partition coefficient (Wildman–Crippen LogP) is 1.98. The highest BCUT2D eigenvalue weighted by Crippen LogP contribution is 2.14. The Kier molecular flexibility index (Phi) is 3.15. The van der Waals surface area contributed by atoms with Gasteiger partial charge in [-0.3, -0.25) is 4.79 Å². The monoisotopic (exact) mass is 202 g/mol. The zero-order valence-corrected chi connectivity index (χ0v) is 7.99. The Labute approximate surface area is 86.4 Å². The van der Waals surface area contributed by atoms with Crippen molar-refractivity contribution in [1.82, 2.24) is 0 Å². The molecule has 0 aromatic heterocycles. The minimum absolute atomic E-state index is 0.205. The van der Waals surface area contributed by atoms with E-state index in [0.717, 1.165) is 6.07 Å². The van der Waals surface area contributed by atoms with Gasteiger partial charge in [0.05, 0.1) is 17.7 Å². The Morgan fingerprint density at radius 3 is 2.53 bits per heavy atom. The predicted molar refractivity (Wildman–Crippen MR) is 50.2 cm³/mol. The third-order valence-corrected chi connectivity index (χ3v) is 1.91. The van der Waals surface area contributed by atoms with Crippen LogP contribution in [0.3, 0.4) is 0 Å². The van der Waals surface area contributed by atoms with Crippen molar-refractivity contribution in [2.45, 2.75) is 6.92 Å². The van der Waals surface area contributed by atoms with Gasteiger partial charge in [0, 0.05) is 0 Å². The van der Waals surface area contributed by atoms with E-state index in [4.69, 9.17) is 10.5 Å². The van der Waals surface area contributed by atoms with Crippen LogP contribution >= 0.6 is 0 Å². The second-order valence-corrected chi connectivity index (χ2v) is 3.04. The molecule has 1 aromatic rings. The zero-order chi connectivity index (χ0) is 11.4. The molecule has 0 amide bonds. The lowest BCUT2D eigenvalue weighted by atomic mass is 9.98. The molecule has 0 spiro atoms. The largest absolute Gasteiger partial charge is 0.291 e. The summed E-state index contributed by atoms with van der Waals surface area (Å²) in [5.74, 6) is -2.94. The maximum Gasteiger partial charge on any atom is 0.197 e. The molecule has 0 aliphatic heterocycles. The standard InChI is InChI=1S/C11H7FN2O/c1-7-2-3-10(12)9(4-7)11(15)8(5-13)6-14/h2-4,8H,1H3. The maximum absolute atomic E-state index is 13.2. The molecule has 0 fully saturated rings. The smallest absolute Gasteiger partial charge is 0.197 e. The molecule has 0 unspecified atom stereocenters. The molecule has 0 saturated heterocycles. The molecular weight excluding hydrogens is 195 g/mol. The molecule has 4 heteroatoms. The van der Waals surface area contributed by atoms with Crippen molar-refractivity contribution in [3.8, 4) is 12.1 Å². The second kappa shape index (κ2) is 4.34. The molecule has 3 nitrogen and oxygen atoms in total. The normalized spacial score (nSPS) is 9.40. The fourth-order valence-corrected chi connectivity index (χ4v) is 1.13. The summed E-state index contributed by atoms with van der Waals surface area (Å²) < 4.78 is 13.2. The fourth-order valence-electron chi connectivity index (χ4n) is 1.13. The lowest BCUT2D eigenvalue weighted by molar-refractivity contribution is 0.0967. The first-order valence-electron chi connectivity index (χ1n) is 4.19. The van der Waals surface area contributed by atoms with Crippen molar-refractivity contribution < 1.29 is 9.18 Å². The Morgan fingerprint density at radius 2 is 2.00 bits per heavy atom. The molecule has 0 bridgehead atoms. The number of carbonyl (C=O) groups excluding carboxylic acids is 1. The van der Waals surface area contributed by atoms with E-state index in [0.29, 0.717) is 5.56 Å². The summed E-state index contributed by atoms with van der Waals surface area (Å²) in [6.07, 6.45) is 0. The highest BCUT2D eigenvalue weighted by Gasteiger charge is 2.21. The van der Waals surface area contributed by atoms with Crippen LogP contribution in [0.1, 0.15) is 15.9 Å². The van der Waals surface area contributed by atoms with Crippen LogP contribution in [0, 0.1) is 41.3 Å². The van der Waals surface area contributed by atoms with Crippen LogP contribution in [-0.2, 0) is 0 Å². The first-order valence-corrected chi connectivity index (χ1v) is 4.19. The van der Waals surface area contributed by atoms with Crippen LogP contribution in [0.4, 0.5) is 4.39 Å². The topological polar surface area (TPSA) is 64.7 Å². The van der Waals surface area contributed by atoms with Crippen molar-refractivity contribution >= 4 is 5.78 Å². The van der Waals surface area contributed by atoms with Crippen molar-refractivity contribution in [1.29, 1.82) is 10.5 Å². The number of benzene rings is 1. The van der Waals surface area contributed by atoms with Crippen LogP contribution in [0.2, 0.25) is 0 Å². The summed E-state index contributed by atoms with van der Waals surface area (Å²) in [7, 11) is 0. The quantitative estimate of drug-likeness (QED) is 0.688. The average Bonchev–Trinajstić information content (AvgIpc) is 2.23. The molecule has 0 N–H and O–H groups in total. The number of aryl methyl sites for hydroxylation is 1. The minimum atomic E-state index is -1.44. The number of carbonyl (C=O) groups is 1. The Hall–Kier alpha value is -2.20. The van der Waals surface area contributed by atoms with Crippen molar-refractivity contribution in [3.63, 3.8) is 0 Å². The van der Waals surface area contributed by atoms with Crippen LogP contribution in [0.25, 0.3) is 0 Å². The van der Waals surface area contributed by atoms with Gasteiger partial charge in [0.15, 0.2) is 11.7 Å². The second-order valence-electron chi connectivity index (χ2n) is 3.04. The summed E-state index contributed by atoms with van der Waals surface area (Å²) in [6, 6.07) is 7.03. The van der Waals surface area contributed by atoms with Crippen molar-refractivity contribution in [2.24, 2.45) is 5.92 Å². The Bertz CT molecular complexity index is 468. The van der Waals surface area contributed by atoms with Gasteiger partial charge in [0.25, 0.3) is 0 Å². The fraction of sp³-hybridized carbons (Fsp3) is 0.182. The van der Waals surface area contributed by atoms with E-state index in [-0.39, 0.29) is 5.56 Å². The van der Waals surface area contributed by atoms with Gasteiger partial charge in [-0.1, -0.05) is 11.6 Å². The van der Waals surface area contributed by atoms with Gasteiger partial charge < -0.3 is 0 Å². The van der Waals surface area contributed by atoms with E-state index in [2.05, 4.69) is 0 Å². The molecule has 1 rings (SSSR count). The number of nitrogens with zero attached hydrogens (tertiary/aromatic N) is 2. The van der Waals surface area contributed by atoms with Gasteiger partial charge in [-0.05, 0) is 19.1 Å². The molecule has 0 saturated carbocycles. The van der Waals surface area contributed by atoms with Crippen LogP contribution in [0.15, 0.2) is 18.2 Å². The van der Waals surface area contributed by atoms with Gasteiger partial charge in [-0.2, -0.15) is 10.5 Å². The third kappa shape index (κ3) is 2.18. The van der Waals surface area contributed by atoms with E-state index < -0.39 is 17.5 Å². The zero-order valence-electron chi connectivity index (χ0n) is 7.99. The number of ketones is 1. The van der Waals surface area contributed by atoms with Crippen LogP contribution in [-0.4, -0.2) is 5.78 Å². The summed E-state index contributed by atoms with van der Waals surface area (Å²) >= 11 is 0. The first-order chi connectivity index (χ1) is 7.10. The molecule has 1 aromatic carbocycles. The summed E-state index contributed by atoms with van der Waals surface area (Å²) in [5.41, 5.74) is 0.498. The first kappa shape index (κ1) is 10.9. The summed E-state index contributed by atoms with van der Waals surface area (Å²) in [6.45, 7) is 1.70. The summed E-state index contributed by atoms with van der Waals surface area (Å²) in [4.78, 5) is 11.5. The van der Waals surface area contributed by atoms with Gasteiger partial charge in [-0.15, -0.1) is 0 Å². The van der Waals surface area contributed by atoms with Gasteiger partial charge in [-0.25, -0.2) is 4.39 Å². The molecule has 0 aliphatic carbocycles. The highest BCUT2D eigenvalue weighted by atomic mass is 19.1. The molecular formula is C11H7FN2O. The Balaban J connectivity index is 3.18. The van der Waals surface area contributed by atoms with Gasteiger partial charge in [0.2, 0.25) is 0 Å². The minimum Gasteiger partial charge on any atom is -0.291 e. The molecule has 15 heavy (non-hydrogen) atoms. The molecule has 0 heterocycles. The highest BCUT2D eigenvalue weighted by molar-refractivity contribution is 6.01.